The molecule has 0 spiro atoms. The molecular formula is C13H17BrClNO4S. The molecule has 1 aromatic rings. The number of amides is 1. The van der Waals surface area contributed by atoms with Crippen LogP contribution in [0.2, 0.25) is 0 Å². The molecule has 1 amide bonds. The quantitative estimate of drug-likeness (QED) is 0.748. The maximum atomic E-state index is 12.2. The van der Waals surface area contributed by atoms with Gasteiger partial charge in [-0.1, -0.05) is 15.9 Å². The van der Waals surface area contributed by atoms with Crippen LogP contribution in [0.25, 0.3) is 0 Å². The number of ether oxygens (including phenoxy) is 1. The molecule has 1 aromatic carbocycles. The maximum Gasteiger partial charge on any atom is 0.261 e. The fraction of sp³-hybridized carbons (Fsp3) is 0.462. The van der Waals surface area contributed by atoms with Gasteiger partial charge in [0.1, 0.15) is 0 Å². The standard InChI is InChI=1S/C13H17BrClNO4S/c1-4-20-8(2)7-16-13(17)11-5-10(14)6-12(9(11)3)21(15,18)19/h5-6,8H,4,7H2,1-3H3,(H,16,17). The minimum Gasteiger partial charge on any atom is -0.377 e. The van der Waals surface area contributed by atoms with E-state index < -0.39 is 9.05 Å². The van der Waals surface area contributed by atoms with Crippen molar-refractivity contribution in [2.24, 2.45) is 0 Å². The van der Waals surface area contributed by atoms with Gasteiger partial charge in [-0.15, -0.1) is 0 Å². The third kappa shape index (κ3) is 5.25. The molecule has 0 aliphatic rings. The lowest BCUT2D eigenvalue weighted by Gasteiger charge is -2.14. The van der Waals surface area contributed by atoms with E-state index in [4.69, 9.17) is 15.4 Å². The van der Waals surface area contributed by atoms with Crippen molar-refractivity contribution in [3.63, 3.8) is 0 Å². The van der Waals surface area contributed by atoms with Crippen LogP contribution < -0.4 is 5.32 Å². The summed E-state index contributed by atoms with van der Waals surface area (Å²) in [6.45, 7) is 6.15. The summed E-state index contributed by atoms with van der Waals surface area (Å²) >= 11 is 3.19. The van der Waals surface area contributed by atoms with Crippen molar-refractivity contribution in [3.8, 4) is 0 Å². The molecule has 0 radical (unpaired) electrons. The Hall–Kier alpha value is -0.630. The summed E-state index contributed by atoms with van der Waals surface area (Å²) in [5.74, 6) is -0.373. The Morgan fingerprint density at radius 2 is 2.10 bits per heavy atom. The van der Waals surface area contributed by atoms with Crippen molar-refractivity contribution >= 4 is 41.6 Å². The van der Waals surface area contributed by atoms with Crippen LogP contribution >= 0.6 is 26.6 Å². The summed E-state index contributed by atoms with van der Waals surface area (Å²) in [6.07, 6.45) is -0.123. The van der Waals surface area contributed by atoms with Crippen LogP contribution in [0.4, 0.5) is 0 Å². The predicted octanol–water partition coefficient (Wildman–Crippen LogP) is 2.84. The van der Waals surface area contributed by atoms with Gasteiger partial charge in [0, 0.05) is 33.9 Å². The number of benzene rings is 1. The Labute approximate surface area is 137 Å². The van der Waals surface area contributed by atoms with Crippen molar-refractivity contribution in [1.82, 2.24) is 5.32 Å². The second-order valence-corrected chi connectivity index (χ2v) is 7.94. The Kier molecular flexibility index (Phi) is 6.65. The smallest absolute Gasteiger partial charge is 0.261 e. The Morgan fingerprint density at radius 1 is 1.48 bits per heavy atom. The minimum atomic E-state index is -3.91. The predicted molar refractivity (Wildman–Crippen MR) is 85.3 cm³/mol. The number of halogens is 2. The molecule has 0 aliphatic heterocycles. The molecule has 0 fully saturated rings. The summed E-state index contributed by atoms with van der Waals surface area (Å²) in [4.78, 5) is 12.1. The van der Waals surface area contributed by atoms with E-state index in [1.165, 1.54) is 6.07 Å². The largest absolute Gasteiger partial charge is 0.377 e. The highest BCUT2D eigenvalue weighted by Crippen LogP contribution is 2.27. The summed E-state index contributed by atoms with van der Waals surface area (Å²) in [5, 5.41) is 2.71. The fourth-order valence-corrected chi connectivity index (χ4v) is 3.65. The van der Waals surface area contributed by atoms with E-state index in [9.17, 15) is 13.2 Å². The van der Waals surface area contributed by atoms with Gasteiger partial charge in [-0.3, -0.25) is 4.79 Å². The average Bonchev–Trinajstić information content (AvgIpc) is 2.37. The molecule has 118 valence electrons. The van der Waals surface area contributed by atoms with Crippen molar-refractivity contribution in [3.05, 3.63) is 27.7 Å². The van der Waals surface area contributed by atoms with Crippen LogP contribution in [0.3, 0.4) is 0 Å². The Bertz CT molecular complexity index is 633. The molecule has 1 rings (SSSR count). The van der Waals surface area contributed by atoms with Gasteiger partial charge in [0.2, 0.25) is 0 Å². The fourth-order valence-electron chi connectivity index (χ4n) is 1.82. The molecule has 1 N–H and O–H groups in total. The van der Waals surface area contributed by atoms with Crippen LogP contribution in [-0.4, -0.2) is 33.6 Å². The van der Waals surface area contributed by atoms with Gasteiger partial charge in [0.25, 0.3) is 15.0 Å². The lowest BCUT2D eigenvalue weighted by molar-refractivity contribution is 0.0694. The number of hydrogen-bond acceptors (Lipinski definition) is 4. The normalized spacial score (nSPS) is 13.0. The second-order valence-electron chi connectivity index (χ2n) is 4.49. The lowest BCUT2D eigenvalue weighted by atomic mass is 10.1. The second kappa shape index (κ2) is 7.58. The maximum absolute atomic E-state index is 12.2. The monoisotopic (exact) mass is 397 g/mol. The molecular weight excluding hydrogens is 382 g/mol. The summed E-state index contributed by atoms with van der Waals surface area (Å²) in [7, 11) is 1.47. The average molecular weight is 399 g/mol. The number of nitrogens with one attached hydrogen (secondary N) is 1. The first-order valence-corrected chi connectivity index (χ1v) is 9.41. The van der Waals surface area contributed by atoms with Gasteiger partial charge in [0.05, 0.1) is 11.0 Å². The van der Waals surface area contributed by atoms with Crippen LogP contribution in [0.5, 0.6) is 0 Å². The summed E-state index contributed by atoms with van der Waals surface area (Å²) in [5.41, 5.74) is 0.571. The van der Waals surface area contributed by atoms with Gasteiger partial charge in [-0.25, -0.2) is 8.42 Å². The van der Waals surface area contributed by atoms with Crippen molar-refractivity contribution < 1.29 is 17.9 Å². The minimum absolute atomic E-state index is 0.0819. The van der Waals surface area contributed by atoms with Crippen LogP contribution in [0.15, 0.2) is 21.5 Å². The molecule has 0 bridgehead atoms. The molecule has 8 heteroatoms. The molecule has 5 nitrogen and oxygen atoms in total. The molecule has 0 aromatic heterocycles. The summed E-state index contributed by atoms with van der Waals surface area (Å²) in [6, 6.07) is 2.93. The molecule has 1 unspecified atom stereocenters. The molecule has 0 heterocycles. The zero-order valence-electron chi connectivity index (χ0n) is 11.9. The van der Waals surface area contributed by atoms with E-state index in [0.717, 1.165) is 0 Å². The van der Waals surface area contributed by atoms with Crippen LogP contribution in [-0.2, 0) is 13.8 Å². The van der Waals surface area contributed by atoms with E-state index in [-0.39, 0.29) is 22.5 Å². The van der Waals surface area contributed by atoms with E-state index in [0.29, 0.717) is 23.2 Å². The molecule has 1 atom stereocenters. The zero-order valence-corrected chi connectivity index (χ0v) is 15.1. The zero-order chi connectivity index (χ0) is 16.2. The highest BCUT2D eigenvalue weighted by Gasteiger charge is 2.20. The first kappa shape index (κ1) is 18.4. The number of carbonyl (C=O) groups is 1. The van der Waals surface area contributed by atoms with Gasteiger partial charge in [-0.05, 0) is 38.5 Å². The highest BCUT2D eigenvalue weighted by atomic mass is 79.9. The van der Waals surface area contributed by atoms with Crippen LogP contribution in [0.1, 0.15) is 29.8 Å². The molecule has 0 saturated heterocycles. The van der Waals surface area contributed by atoms with Crippen LogP contribution in [0, 0.1) is 6.92 Å². The lowest BCUT2D eigenvalue weighted by Crippen LogP contribution is -2.32. The first-order valence-electron chi connectivity index (χ1n) is 6.31. The Morgan fingerprint density at radius 3 is 2.62 bits per heavy atom. The third-order valence-electron chi connectivity index (χ3n) is 2.83. The van der Waals surface area contributed by atoms with E-state index >= 15 is 0 Å². The molecule has 0 aliphatic carbocycles. The van der Waals surface area contributed by atoms with Crippen molar-refractivity contribution in [2.45, 2.75) is 31.8 Å². The summed E-state index contributed by atoms with van der Waals surface area (Å²) < 4.78 is 28.8. The SMILES string of the molecule is CCOC(C)CNC(=O)c1cc(Br)cc(S(=O)(=O)Cl)c1C. The van der Waals surface area contributed by atoms with E-state index in [1.807, 2.05) is 13.8 Å². The molecule has 0 saturated carbocycles. The van der Waals surface area contributed by atoms with E-state index in [1.54, 1.807) is 13.0 Å². The highest BCUT2D eigenvalue weighted by molar-refractivity contribution is 9.10. The molecule has 21 heavy (non-hydrogen) atoms. The van der Waals surface area contributed by atoms with Gasteiger partial charge >= 0.3 is 0 Å². The van der Waals surface area contributed by atoms with Crippen molar-refractivity contribution in [1.29, 1.82) is 0 Å². The number of hydrogen-bond donors (Lipinski definition) is 1. The first-order chi connectivity index (χ1) is 9.66. The van der Waals surface area contributed by atoms with Gasteiger partial charge < -0.3 is 10.1 Å². The van der Waals surface area contributed by atoms with Gasteiger partial charge in [0.15, 0.2) is 0 Å². The number of carbonyl (C=O) groups excluding carboxylic acids is 1. The topological polar surface area (TPSA) is 72.5 Å². The van der Waals surface area contributed by atoms with Crippen molar-refractivity contribution in [2.75, 3.05) is 13.2 Å². The van der Waals surface area contributed by atoms with E-state index in [2.05, 4.69) is 21.2 Å². The Balaban J connectivity index is 3.03. The number of rotatable bonds is 6. The van der Waals surface area contributed by atoms with Gasteiger partial charge in [-0.2, -0.15) is 0 Å². The third-order valence-corrected chi connectivity index (χ3v) is 4.74.